The molecule has 2 N–H and O–H groups in total. The van der Waals surface area contributed by atoms with Gasteiger partial charge in [0.15, 0.2) is 0 Å². The number of nitrogens with one attached hydrogen (secondary N) is 2. The summed E-state index contributed by atoms with van der Waals surface area (Å²) in [6.45, 7) is 1.44. The maximum Gasteiger partial charge on any atom is 0.416 e. The topological polar surface area (TPSA) is 74.3 Å². The molecule has 2 aromatic rings. The van der Waals surface area contributed by atoms with Crippen LogP contribution >= 0.6 is 0 Å². The summed E-state index contributed by atoms with van der Waals surface area (Å²) in [6, 6.07) is 7.32. The highest BCUT2D eigenvalue weighted by Crippen LogP contribution is 2.30. The van der Waals surface area contributed by atoms with Crippen molar-refractivity contribution in [2.24, 2.45) is 5.92 Å². The molecule has 0 bridgehead atoms. The van der Waals surface area contributed by atoms with Gasteiger partial charge in [-0.15, -0.1) is 0 Å². The van der Waals surface area contributed by atoms with E-state index in [0.29, 0.717) is 30.9 Å². The molecular weight excluding hydrogens is 385 g/mol. The van der Waals surface area contributed by atoms with Crippen molar-refractivity contribution in [2.75, 3.05) is 25.0 Å². The smallest absolute Gasteiger partial charge is 0.352 e. The molecule has 2 heterocycles. The van der Waals surface area contributed by atoms with Gasteiger partial charge in [-0.2, -0.15) is 13.2 Å². The lowest BCUT2D eigenvalue weighted by atomic mass is 9.98. The molecule has 154 valence electrons. The quantitative estimate of drug-likeness (QED) is 0.812. The lowest BCUT2D eigenvalue weighted by molar-refractivity contribution is -0.137. The third-order valence-corrected chi connectivity index (χ3v) is 4.74. The summed E-state index contributed by atoms with van der Waals surface area (Å²) in [4.78, 5) is 30.1. The predicted molar refractivity (Wildman–Crippen MR) is 101 cm³/mol. The van der Waals surface area contributed by atoms with Crippen LogP contribution in [0.3, 0.4) is 0 Å². The van der Waals surface area contributed by atoms with E-state index in [2.05, 4.69) is 15.6 Å². The van der Waals surface area contributed by atoms with Gasteiger partial charge in [-0.25, -0.2) is 4.79 Å². The number of anilines is 1. The van der Waals surface area contributed by atoms with Gasteiger partial charge in [-0.05, 0) is 55.2 Å². The van der Waals surface area contributed by atoms with E-state index in [1.54, 1.807) is 23.2 Å². The summed E-state index contributed by atoms with van der Waals surface area (Å²) in [5, 5.41) is 5.48. The van der Waals surface area contributed by atoms with Gasteiger partial charge >= 0.3 is 12.2 Å². The fourth-order valence-corrected chi connectivity index (χ4v) is 3.20. The summed E-state index contributed by atoms with van der Waals surface area (Å²) in [6.07, 6.45) is 0.319. The van der Waals surface area contributed by atoms with Gasteiger partial charge in [0.2, 0.25) is 0 Å². The van der Waals surface area contributed by atoms with E-state index in [1.165, 1.54) is 18.3 Å². The summed E-state index contributed by atoms with van der Waals surface area (Å²) < 4.78 is 37.9. The van der Waals surface area contributed by atoms with Crippen molar-refractivity contribution in [1.82, 2.24) is 15.2 Å². The predicted octanol–water partition coefficient (Wildman–Crippen LogP) is 3.77. The van der Waals surface area contributed by atoms with Gasteiger partial charge in [0.05, 0.1) is 11.1 Å². The SMILES string of the molecule is O=C(NCC1CCCN(C(=O)Nc2ccc(C(F)(F)F)cc2)C1)c1cccnc1. The number of urea groups is 1. The molecule has 0 aliphatic carbocycles. The molecule has 3 rings (SSSR count). The number of hydrogen-bond donors (Lipinski definition) is 2. The molecule has 1 aliphatic rings. The number of alkyl halides is 3. The Morgan fingerprint density at radius 1 is 1.17 bits per heavy atom. The highest BCUT2D eigenvalue weighted by atomic mass is 19.4. The van der Waals surface area contributed by atoms with Gasteiger partial charge in [0.1, 0.15) is 0 Å². The van der Waals surface area contributed by atoms with Crippen LogP contribution in [0.2, 0.25) is 0 Å². The zero-order valence-corrected chi connectivity index (χ0v) is 15.6. The Morgan fingerprint density at radius 3 is 2.59 bits per heavy atom. The number of carbonyl (C=O) groups excluding carboxylic acids is 2. The average molecular weight is 406 g/mol. The molecule has 1 aromatic heterocycles. The molecule has 1 aromatic carbocycles. The summed E-state index contributed by atoms with van der Waals surface area (Å²) >= 11 is 0. The summed E-state index contributed by atoms with van der Waals surface area (Å²) in [5.41, 5.74) is 0.00751. The molecule has 9 heteroatoms. The van der Waals surface area contributed by atoms with Crippen molar-refractivity contribution in [1.29, 1.82) is 0 Å². The van der Waals surface area contributed by atoms with E-state index >= 15 is 0 Å². The van der Waals surface area contributed by atoms with Crippen molar-refractivity contribution < 1.29 is 22.8 Å². The minimum absolute atomic E-state index is 0.0997. The molecule has 0 spiro atoms. The fraction of sp³-hybridized carbons (Fsp3) is 0.350. The van der Waals surface area contributed by atoms with E-state index in [-0.39, 0.29) is 17.9 Å². The lowest BCUT2D eigenvalue weighted by Gasteiger charge is -2.32. The summed E-state index contributed by atoms with van der Waals surface area (Å²) in [5.74, 6) is -0.118. The van der Waals surface area contributed by atoms with Gasteiger partial charge in [0, 0.05) is 37.7 Å². The second-order valence-electron chi connectivity index (χ2n) is 6.91. The molecule has 6 nitrogen and oxygen atoms in total. The number of amides is 3. The van der Waals surface area contributed by atoms with E-state index in [0.717, 1.165) is 25.0 Å². The van der Waals surface area contributed by atoms with Crippen molar-refractivity contribution in [3.8, 4) is 0 Å². The molecule has 1 fully saturated rings. The standard InChI is InChI=1S/C20H21F3N4O2/c21-20(22,23)16-5-7-17(8-6-16)26-19(29)27-10-2-3-14(13-27)11-25-18(28)15-4-1-9-24-12-15/h1,4-9,12,14H,2-3,10-11,13H2,(H,25,28)(H,26,29). The number of pyridine rings is 1. The van der Waals surface area contributed by atoms with E-state index in [9.17, 15) is 22.8 Å². The molecule has 1 unspecified atom stereocenters. The fourth-order valence-electron chi connectivity index (χ4n) is 3.20. The minimum atomic E-state index is -4.41. The normalized spacial score (nSPS) is 16.9. The molecule has 1 saturated heterocycles. The number of piperidine rings is 1. The monoisotopic (exact) mass is 406 g/mol. The van der Waals surface area contributed by atoms with Crippen LogP contribution in [0.5, 0.6) is 0 Å². The minimum Gasteiger partial charge on any atom is -0.352 e. The van der Waals surface area contributed by atoms with Crippen LogP contribution in [-0.4, -0.2) is 41.5 Å². The first kappa shape index (κ1) is 20.6. The first-order valence-electron chi connectivity index (χ1n) is 9.24. The molecule has 3 amide bonds. The Labute approximate surface area is 166 Å². The van der Waals surface area contributed by atoms with Crippen LogP contribution < -0.4 is 10.6 Å². The third kappa shape index (κ3) is 5.69. The molecule has 1 aliphatic heterocycles. The van der Waals surface area contributed by atoms with Crippen LogP contribution in [0.4, 0.5) is 23.7 Å². The molecule has 29 heavy (non-hydrogen) atoms. The molecule has 1 atom stereocenters. The maximum atomic E-state index is 12.6. The van der Waals surface area contributed by atoms with Crippen LogP contribution in [0.15, 0.2) is 48.8 Å². The Balaban J connectivity index is 1.50. The Morgan fingerprint density at radius 2 is 1.93 bits per heavy atom. The molecule has 0 radical (unpaired) electrons. The maximum absolute atomic E-state index is 12.6. The van der Waals surface area contributed by atoms with Gasteiger partial charge in [0.25, 0.3) is 5.91 Å². The van der Waals surface area contributed by atoms with Crippen molar-refractivity contribution in [2.45, 2.75) is 19.0 Å². The van der Waals surface area contributed by atoms with E-state index in [1.807, 2.05) is 0 Å². The van der Waals surface area contributed by atoms with E-state index in [4.69, 9.17) is 0 Å². The zero-order chi connectivity index (χ0) is 20.9. The van der Waals surface area contributed by atoms with E-state index < -0.39 is 11.7 Å². The Bertz CT molecular complexity index is 841. The number of halogens is 3. The second kappa shape index (κ2) is 8.93. The molecular formula is C20H21F3N4O2. The van der Waals surface area contributed by atoms with Crippen molar-refractivity contribution in [3.05, 3.63) is 59.9 Å². The highest BCUT2D eigenvalue weighted by Gasteiger charge is 2.30. The van der Waals surface area contributed by atoms with Crippen LogP contribution in [0.1, 0.15) is 28.8 Å². The van der Waals surface area contributed by atoms with Crippen LogP contribution in [0, 0.1) is 5.92 Å². The van der Waals surface area contributed by atoms with Crippen molar-refractivity contribution >= 4 is 17.6 Å². The third-order valence-electron chi connectivity index (χ3n) is 4.74. The zero-order valence-electron chi connectivity index (χ0n) is 15.6. The Kier molecular flexibility index (Phi) is 6.36. The first-order valence-corrected chi connectivity index (χ1v) is 9.24. The number of hydrogen-bond acceptors (Lipinski definition) is 3. The number of likely N-dealkylation sites (tertiary alicyclic amines) is 1. The number of benzene rings is 1. The van der Waals surface area contributed by atoms with Gasteiger partial charge in [-0.1, -0.05) is 0 Å². The highest BCUT2D eigenvalue weighted by molar-refractivity contribution is 5.93. The number of rotatable bonds is 4. The molecule has 0 saturated carbocycles. The first-order chi connectivity index (χ1) is 13.8. The Hall–Kier alpha value is -3.10. The number of carbonyl (C=O) groups is 2. The largest absolute Gasteiger partial charge is 0.416 e. The van der Waals surface area contributed by atoms with Crippen LogP contribution in [0.25, 0.3) is 0 Å². The second-order valence-corrected chi connectivity index (χ2v) is 6.91. The lowest BCUT2D eigenvalue weighted by Crippen LogP contribution is -2.45. The van der Waals surface area contributed by atoms with Gasteiger partial charge < -0.3 is 15.5 Å². The van der Waals surface area contributed by atoms with Gasteiger partial charge in [-0.3, -0.25) is 9.78 Å². The van der Waals surface area contributed by atoms with Crippen molar-refractivity contribution in [3.63, 3.8) is 0 Å². The van der Waals surface area contributed by atoms with Crippen LogP contribution in [-0.2, 0) is 6.18 Å². The summed E-state index contributed by atoms with van der Waals surface area (Å²) in [7, 11) is 0. The number of nitrogens with zero attached hydrogens (tertiary/aromatic N) is 2. The number of aromatic nitrogens is 1. The average Bonchev–Trinajstić information content (AvgIpc) is 2.72.